The van der Waals surface area contributed by atoms with Crippen molar-refractivity contribution in [3.05, 3.63) is 23.6 Å². The molecule has 0 radical (unpaired) electrons. The molecule has 1 heterocycles. The van der Waals surface area contributed by atoms with Gasteiger partial charge < -0.3 is 10.2 Å². The number of nitrogens with zero attached hydrogens (tertiary/aromatic N) is 2. The van der Waals surface area contributed by atoms with E-state index in [1.54, 1.807) is 12.3 Å². The minimum absolute atomic E-state index is 0.182. The molecule has 0 aliphatic rings. The molecule has 0 fully saturated rings. The number of hydrogen-bond donors (Lipinski definition) is 1. The molecule has 0 amide bonds. The molecular weight excluding hydrogens is 265 g/mol. The number of anilines is 1. The molecule has 0 bridgehead atoms. The first-order valence-corrected chi connectivity index (χ1v) is 8.08. The SMILES string of the molecule is CCC(C)CN(CC)c1nccc(CNCC(C)C)c1F. The van der Waals surface area contributed by atoms with E-state index in [-0.39, 0.29) is 5.82 Å². The molecule has 1 N–H and O–H groups in total. The second-order valence-corrected chi connectivity index (χ2v) is 6.18. The molecule has 4 heteroatoms. The second-order valence-electron chi connectivity index (χ2n) is 6.18. The fraction of sp³-hybridized carbons (Fsp3) is 0.706. The van der Waals surface area contributed by atoms with Crippen molar-refractivity contribution in [3.8, 4) is 0 Å². The lowest BCUT2D eigenvalue weighted by Crippen LogP contribution is -2.30. The standard InChI is InChI=1S/C17H30FN3/c1-6-14(5)12-21(7-2)17-16(18)15(8-9-20-17)11-19-10-13(3)4/h8-9,13-14,19H,6-7,10-12H2,1-5H3. The maximum absolute atomic E-state index is 14.6. The molecule has 1 atom stereocenters. The minimum atomic E-state index is -0.182. The number of nitrogens with one attached hydrogen (secondary N) is 1. The van der Waals surface area contributed by atoms with Crippen molar-refractivity contribution in [1.29, 1.82) is 0 Å². The summed E-state index contributed by atoms with van der Waals surface area (Å²) in [6, 6.07) is 1.77. The first-order chi connectivity index (χ1) is 9.99. The van der Waals surface area contributed by atoms with Crippen LogP contribution in [-0.4, -0.2) is 24.6 Å². The first-order valence-electron chi connectivity index (χ1n) is 8.08. The molecule has 0 aliphatic heterocycles. The summed E-state index contributed by atoms with van der Waals surface area (Å²) in [6.45, 7) is 13.8. The van der Waals surface area contributed by atoms with Crippen molar-refractivity contribution in [2.24, 2.45) is 11.8 Å². The Morgan fingerprint density at radius 3 is 2.57 bits per heavy atom. The highest BCUT2D eigenvalue weighted by Gasteiger charge is 2.16. The summed E-state index contributed by atoms with van der Waals surface area (Å²) >= 11 is 0. The van der Waals surface area contributed by atoms with Crippen LogP contribution < -0.4 is 10.2 Å². The van der Waals surface area contributed by atoms with Crippen molar-refractivity contribution in [2.45, 2.75) is 47.6 Å². The fourth-order valence-electron chi connectivity index (χ4n) is 2.19. The van der Waals surface area contributed by atoms with Crippen LogP contribution in [0.25, 0.3) is 0 Å². The van der Waals surface area contributed by atoms with Gasteiger partial charge in [0.25, 0.3) is 0 Å². The quantitative estimate of drug-likeness (QED) is 0.750. The number of halogens is 1. The van der Waals surface area contributed by atoms with Gasteiger partial charge in [0.1, 0.15) is 0 Å². The topological polar surface area (TPSA) is 28.2 Å². The van der Waals surface area contributed by atoms with Crippen LogP contribution in [0.4, 0.5) is 10.2 Å². The summed E-state index contributed by atoms with van der Waals surface area (Å²) in [5, 5.41) is 3.29. The molecule has 3 nitrogen and oxygen atoms in total. The zero-order chi connectivity index (χ0) is 15.8. The Hall–Kier alpha value is -1.16. The maximum Gasteiger partial charge on any atom is 0.170 e. The Balaban J connectivity index is 2.82. The second kappa shape index (κ2) is 8.98. The van der Waals surface area contributed by atoms with Crippen molar-refractivity contribution in [3.63, 3.8) is 0 Å². The fourth-order valence-corrected chi connectivity index (χ4v) is 2.19. The lowest BCUT2D eigenvalue weighted by molar-refractivity contribution is 0.518. The lowest BCUT2D eigenvalue weighted by atomic mass is 10.1. The normalized spacial score (nSPS) is 12.7. The summed E-state index contributed by atoms with van der Waals surface area (Å²) in [5.74, 6) is 1.40. The largest absolute Gasteiger partial charge is 0.354 e. The predicted molar refractivity (Wildman–Crippen MR) is 88.1 cm³/mol. The maximum atomic E-state index is 14.6. The van der Waals surface area contributed by atoms with Crippen molar-refractivity contribution in [2.75, 3.05) is 24.5 Å². The number of pyridine rings is 1. The van der Waals surface area contributed by atoms with Gasteiger partial charge in [-0.05, 0) is 31.4 Å². The van der Waals surface area contributed by atoms with Crippen LogP contribution in [0, 0.1) is 17.7 Å². The van der Waals surface area contributed by atoms with Gasteiger partial charge in [-0.25, -0.2) is 9.37 Å². The van der Waals surface area contributed by atoms with Gasteiger partial charge >= 0.3 is 0 Å². The van der Waals surface area contributed by atoms with E-state index in [0.717, 1.165) is 26.1 Å². The summed E-state index contributed by atoms with van der Waals surface area (Å²) < 4.78 is 14.6. The highest BCUT2D eigenvalue weighted by Crippen LogP contribution is 2.21. The van der Waals surface area contributed by atoms with E-state index >= 15 is 0 Å². The van der Waals surface area contributed by atoms with Gasteiger partial charge in [-0.1, -0.05) is 34.1 Å². The summed E-state index contributed by atoms with van der Waals surface area (Å²) in [5.41, 5.74) is 0.697. The molecule has 1 aromatic heterocycles. The summed E-state index contributed by atoms with van der Waals surface area (Å²) in [4.78, 5) is 6.30. The Morgan fingerprint density at radius 1 is 1.29 bits per heavy atom. The lowest BCUT2D eigenvalue weighted by Gasteiger charge is -2.26. The van der Waals surface area contributed by atoms with Crippen molar-refractivity contribution in [1.82, 2.24) is 10.3 Å². The number of aromatic nitrogens is 1. The zero-order valence-corrected chi connectivity index (χ0v) is 14.1. The molecule has 1 aromatic rings. The van der Waals surface area contributed by atoms with Crippen LogP contribution in [0.3, 0.4) is 0 Å². The summed E-state index contributed by atoms with van der Waals surface area (Å²) in [7, 11) is 0. The molecule has 0 spiro atoms. The van der Waals surface area contributed by atoms with E-state index in [1.807, 2.05) is 11.8 Å². The van der Waals surface area contributed by atoms with Gasteiger partial charge in [-0.3, -0.25) is 0 Å². The third-order valence-corrected chi connectivity index (χ3v) is 3.73. The Morgan fingerprint density at radius 2 is 2.00 bits per heavy atom. The van der Waals surface area contributed by atoms with E-state index in [4.69, 9.17) is 0 Å². The summed E-state index contributed by atoms with van der Waals surface area (Å²) in [6.07, 6.45) is 2.80. The van der Waals surface area contributed by atoms with E-state index in [1.165, 1.54) is 0 Å². The first kappa shape index (κ1) is 17.9. The Bertz CT molecular complexity index is 420. The molecule has 0 aromatic carbocycles. The Kier molecular flexibility index (Phi) is 7.65. The third-order valence-electron chi connectivity index (χ3n) is 3.73. The number of rotatable bonds is 9. The van der Waals surface area contributed by atoms with Crippen molar-refractivity contribution < 1.29 is 4.39 Å². The molecule has 21 heavy (non-hydrogen) atoms. The molecule has 1 unspecified atom stereocenters. The average molecular weight is 295 g/mol. The van der Waals surface area contributed by atoms with Crippen LogP contribution in [-0.2, 0) is 6.54 Å². The predicted octanol–water partition coefficient (Wildman–Crippen LogP) is 3.84. The minimum Gasteiger partial charge on any atom is -0.354 e. The van der Waals surface area contributed by atoms with Gasteiger partial charge in [-0.15, -0.1) is 0 Å². The monoisotopic (exact) mass is 295 g/mol. The Labute approximate surface area is 129 Å². The molecule has 1 rings (SSSR count). The van der Waals surface area contributed by atoms with Gasteiger partial charge in [0, 0.05) is 31.4 Å². The van der Waals surface area contributed by atoms with Crippen LogP contribution in [0.1, 0.15) is 46.6 Å². The molecule has 120 valence electrons. The third kappa shape index (κ3) is 5.62. The van der Waals surface area contributed by atoms with E-state index in [9.17, 15) is 4.39 Å². The van der Waals surface area contributed by atoms with E-state index in [0.29, 0.717) is 29.8 Å². The molecule has 0 aliphatic carbocycles. The zero-order valence-electron chi connectivity index (χ0n) is 14.1. The van der Waals surface area contributed by atoms with E-state index < -0.39 is 0 Å². The highest BCUT2D eigenvalue weighted by molar-refractivity contribution is 5.43. The van der Waals surface area contributed by atoms with Crippen molar-refractivity contribution >= 4 is 5.82 Å². The van der Waals surface area contributed by atoms with Gasteiger partial charge in [0.2, 0.25) is 0 Å². The van der Waals surface area contributed by atoms with E-state index in [2.05, 4.69) is 38.0 Å². The van der Waals surface area contributed by atoms with Gasteiger partial charge in [0.05, 0.1) is 0 Å². The molecular formula is C17H30FN3. The molecule has 0 saturated heterocycles. The molecule has 0 saturated carbocycles. The van der Waals surface area contributed by atoms with Crippen LogP contribution in [0.5, 0.6) is 0 Å². The van der Waals surface area contributed by atoms with Gasteiger partial charge in [-0.2, -0.15) is 0 Å². The average Bonchev–Trinajstić information content (AvgIpc) is 2.46. The van der Waals surface area contributed by atoms with Gasteiger partial charge in [0.15, 0.2) is 11.6 Å². The van der Waals surface area contributed by atoms with Crippen LogP contribution in [0.2, 0.25) is 0 Å². The smallest absolute Gasteiger partial charge is 0.170 e. The van der Waals surface area contributed by atoms with Crippen LogP contribution in [0.15, 0.2) is 12.3 Å². The number of hydrogen-bond acceptors (Lipinski definition) is 3. The highest BCUT2D eigenvalue weighted by atomic mass is 19.1. The van der Waals surface area contributed by atoms with Crippen LogP contribution >= 0.6 is 0 Å².